The smallest absolute Gasteiger partial charge is 0.225 e. The van der Waals surface area contributed by atoms with E-state index < -0.39 is 0 Å². The minimum Gasteiger partial charge on any atom is -0.342 e. The van der Waals surface area contributed by atoms with Crippen LogP contribution in [-0.4, -0.2) is 23.9 Å². The number of carbonyl (C=O) groups is 1. The maximum Gasteiger partial charge on any atom is 0.225 e. The Morgan fingerprint density at radius 1 is 1.10 bits per heavy atom. The number of hydrogen-bond acceptors (Lipinski definition) is 1. The number of nitrogens with zero attached hydrogens (tertiary/aromatic N) is 1. The van der Waals surface area contributed by atoms with Crippen molar-refractivity contribution in [1.29, 1.82) is 0 Å². The summed E-state index contributed by atoms with van der Waals surface area (Å²) in [5.74, 6) is 2.68. The van der Waals surface area contributed by atoms with Crippen LogP contribution in [0.1, 0.15) is 79.6 Å². The summed E-state index contributed by atoms with van der Waals surface area (Å²) in [4.78, 5) is 15.3. The van der Waals surface area contributed by atoms with E-state index in [1.165, 1.54) is 25.7 Å². The van der Waals surface area contributed by atoms with Gasteiger partial charge >= 0.3 is 0 Å². The van der Waals surface area contributed by atoms with Crippen LogP contribution < -0.4 is 0 Å². The molecule has 0 aromatic carbocycles. The highest BCUT2D eigenvalue weighted by Gasteiger charge is 2.37. The van der Waals surface area contributed by atoms with Crippen LogP contribution >= 0.6 is 0 Å². The molecular weight excluding hydrogens is 258 g/mol. The first-order valence-corrected chi connectivity index (χ1v) is 9.29. The molecule has 3 unspecified atom stereocenters. The van der Waals surface area contributed by atoms with Gasteiger partial charge in [0.2, 0.25) is 5.91 Å². The minimum absolute atomic E-state index is 0.280. The predicted octanol–water partition coefficient (Wildman–Crippen LogP) is 5.12. The quantitative estimate of drug-likeness (QED) is 0.608. The Kier molecular flexibility index (Phi) is 8.36. The lowest BCUT2D eigenvalue weighted by atomic mass is 9.69. The van der Waals surface area contributed by atoms with Gasteiger partial charge in [0, 0.05) is 19.0 Å². The van der Waals surface area contributed by atoms with E-state index in [0.29, 0.717) is 23.7 Å². The van der Waals surface area contributed by atoms with Gasteiger partial charge in [0.15, 0.2) is 0 Å². The van der Waals surface area contributed by atoms with Crippen LogP contribution in [0.4, 0.5) is 0 Å². The summed E-state index contributed by atoms with van der Waals surface area (Å²) < 4.78 is 0. The summed E-state index contributed by atoms with van der Waals surface area (Å²) in [7, 11) is 0. The highest BCUT2D eigenvalue weighted by molar-refractivity contribution is 5.79. The molecule has 0 aliphatic heterocycles. The molecule has 1 saturated carbocycles. The first kappa shape index (κ1) is 18.5. The fourth-order valence-corrected chi connectivity index (χ4v) is 3.75. The molecular formula is C19H37NO. The van der Waals surface area contributed by atoms with Gasteiger partial charge in [0.25, 0.3) is 0 Å². The summed E-state index contributed by atoms with van der Waals surface area (Å²) in [6, 6.07) is 0. The molecule has 1 aliphatic carbocycles. The number of hydrogen-bond donors (Lipinski definition) is 0. The molecule has 21 heavy (non-hydrogen) atoms. The lowest BCUT2D eigenvalue weighted by Crippen LogP contribution is -2.43. The molecule has 1 amide bonds. The maximum atomic E-state index is 13.1. The van der Waals surface area contributed by atoms with Crippen molar-refractivity contribution in [3.63, 3.8) is 0 Å². The molecule has 0 aromatic heterocycles. The molecule has 0 saturated heterocycles. The van der Waals surface area contributed by atoms with Crippen molar-refractivity contribution in [3.05, 3.63) is 0 Å². The molecule has 2 nitrogen and oxygen atoms in total. The second-order valence-corrected chi connectivity index (χ2v) is 7.46. The van der Waals surface area contributed by atoms with E-state index in [-0.39, 0.29) is 5.92 Å². The van der Waals surface area contributed by atoms with E-state index in [1.54, 1.807) is 0 Å². The third-order valence-corrected chi connectivity index (χ3v) is 5.21. The lowest BCUT2D eigenvalue weighted by Gasteiger charge is -2.39. The summed E-state index contributed by atoms with van der Waals surface area (Å²) in [6.45, 7) is 13.3. The fraction of sp³-hybridized carbons (Fsp3) is 0.947. The molecule has 0 heterocycles. The molecule has 2 heteroatoms. The second kappa shape index (κ2) is 9.48. The van der Waals surface area contributed by atoms with E-state index >= 15 is 0 Å². The highest BCUT2D eigenvalue weighted by atomic mass is 16.2. The van der Waals surface area contributed by atoms with Gasteiger partial charge in [0.05, 0.1) is 0 Å². The van der Waals surface area contributed by atoms with E-state index in [9.17, 15) is 4.79 Å². The third-order valence-electron chi connectivity index (χ3n) is 5.21. The van der Waals surface area contributed by atoms with Crippen molar-refractivity contribution in [2.75, 3.05) is 13.1 Å². The Labute approximate surface area is 132 Å². The monoisotopic (exact) mass is 295 g/mol. The molecule has 0 aromatic rings. The molecule has 124 valence electrons. The maximum absolute atomic E-state index is 13.1. The first-order valence-electron chi connectivity index (χ1n) is 9.29. The summed E-state index contributed by atoms with van der Waals surface area (Å²) >= 11 is 0. The van der Waals surface area contributed by atoms with Crippen LogP contribution in [0, 0.1) is 23.7 Å². The zero-order valence-corrected chi connectivity index (χ0v) is 15.0. The molecule has 1 aliphatic rings. The summed E-state index contributed by atoms with van der Waals surface area (Å²) in [5, 5.41) is 0. The van der Waals surface area contributed by atoms with Crippen molar-refractivity contribution >= 4 is 5.91 Å². The Hall–Kier alpha value is -0.530. The lowest BCUT2D eigenvalue weighted by molar-refractivity contribution is -0.140. The molecule has 0 bridgehead atoms. The SMILES string of the molecule is CCCCN(CCCC)C(=O)C1CC(C)CCC1C(C)C. The Morgan fingerprint density at radius 3 is 2.14 bits per heavy atom. The number of rotatable bonds is 8. The van der Waals surface area contributed by atoms with Gasteiger partial charge < -0.3 is 4.90 Å². The molecule has 1 rings (SSSR count). The number of carbonyl (C=O) groups excluding carboxylic acids is 1. The van der Waals surface area contributed by atoms with Gasteiger partial charge in [-0.3, -0.25) is 4.79 Å². The Bertz CT molecular complexity index is 292. The van der Waals surface area contributed by atoms with Crippen LogP contribution in [0.15, 0.2) is 0 Å². The first-order chi connectivity index (χ1) is 10.0. The predicted molar refractivity (Wildman–Crippen MR) is 91.2 cm³/mol. The third kappa shape index (κ3) is 5.64. The molecule has 3 atom stereocenters. The van der Waals surface area contributed by atoms with E-state index in [1.807, 2.05) is 0 Å². The molecule has 0 N–H and O–H groups in total. The van der Waals surface area contributed by atoms with E-state index in [2.05, 4.69) is 39.5 Å². The number of unbranched alkanes of at least 4 members (excludes halogenated alkanes) is 2. The van der Waals surface area contributed by atoms with Gasteiger partial charge in [-0.15, -0.1) is 0 Å². The van der Waals surface area contributed by atoms with E-state index in [4.69, 9.17) is 0 Å². The fourth-order valence-electron chi connectivity index (χ4n) is 3.75. The van der Waals surface area contributed by atoms with Crippen LogP contribution in [0.3, 0.4) is 0 Å². The minimum atomic E-state index is 0.280. The highest BCUT2D eigenvalue weighted by Crippen LogP contribution is 2.39. The zero-order valence-electron chi connectivity index (χ0n) is 15.0. The van der Waals surface area contributed by atoms with Gasteiger partial charge in [-0.1, -0.05) is 53.9 Å². The number of amides is 1. The molecule has 0 spiro atoms. The second-order valence-electron chi connectivity index (χ2n) is 7.46. The molecule has 1 fully saturated rings. The van der Waals surface area contributed by atoms with Crippen molar-refractivity contribution in [2.45, 2.75) is 79.6 Å². The van der Waals surface area contributed by atoms with Crippen molar-refractivity contribution in [2.24, 2.45) is 23.7 Å². The standard InChI is InChI=1S/C19H37NO/c1-6-8-12-20(13-9-7-2)19(21)18-14-16(5)10-11-17(18)15(3)4/h15-18H,6-14H2,1-5H3. The average Bonchev–Trinajstić information content (AvgIpc) is 2.46. The van der Waals surface area contributed by atoms with Crippen LogP contribution in [0.25, 0.3) is 0 Å². The Morgan fingerprint density at radius 2 is 1.67 bits per heavy atom. The van der Waals surface area contributed by atoms with Gasteiger partial charge in [-0.2, -0.15) is 0 Å². The van der Waals surface area contributed by atoms with E-state index in [0.717, 1.165) is 32.4 Å². The molecule has 0 radical (unpaired) electrons. The summed E-state index contributed by atoms with van der Waals surface area (Å²) in [6.07, 6.45) is 8.28. The average molecular weight is 296 g/mol. The van der Waals surface area contributed by atoms with Gasteiger partial charge in [0.1, 0.15) is 0 Å². The zero-order chi connectivity index (χ0) is 15.8. The Balaban J connectivity index is 2.76. The van der Waals surface area contributed by atoms with Gasteiger partial charge in [-0.25, -0.2) is 0 Å². The largest absolute Gasteiger partial charge is 0.342 e. The van der Waals surface area contributed by atoms with Crippen molar-refractivity contribution in [3.8, 4) is 0 Å². The summed E-state index contributed by atoms with van der Waals surface area (Å²) in [5.41, 5.74) is 0. The normalized spacial score (nSPS) is 26.1. The van der Waals surface area contributed by atoms with Crippen molar-refractivity contribution < 1.29 is 4.79 Å². The van der Waals surface area contributed by atoms with Gasteiger partial charge in [-0.05, 0) is 43.4 Å². The van der Waals surface area contributed by atoms with Crippen LogP contribution in [0.5, 0.6) is 0 Å². The topological polar surface area (TPSA) is 20.3 Å². The van der Waals surface area contributed by atoms with Crippen LogP contribution in [0.2, 0.25) is 0 Å². The van der Waals surface area contributed by atoms with Crippen LogP contribution in [-0.2, 0) is 4.79 Å². The van der Waals surface area contributed by atoms with Crippen molar-refractivity contribution in [1.82, 2.24) is 4.90 Å².